The molecule has 1 aromatic carbocycles. The first-order valence-corrected chi connectivity index (χ1v) is 6.99. The van der Waals surface area contributed by atoms with Crippen molar-refractivity contribution in [3.05, 3.63) is 32.8 Å². The number of nitro benzene ring substituents is 1. The molecule has 22 heavy (non-hydrogen) atoms. The number of nitro groups is 1. The van der Waals surface area contributed by atoms with Crippen molar-refractivity contribution in [2.75, 3.05) is 21.3 Å². The average Bonchev–Trinajstić information content (AvgIpc) is 2.51. The minimum absolute atomic E-state index is 0.0792. The maximum Gasteiger partial charge on any atom is 0.320 e. The van der Waals surface area contributed by atoms with E-state index in [0.717, 1.165) is 0 Å². The summed E-state index contributed by atoms with van der Waals surface area (Å²) in [5, 5.41) is 11.5. The van der Waals surface area contributed by atoms with Crippen LogP contribution in [0.25, 0.3) is 0 Å². The second kappa shape index (κ2) is 7.79. The summed E-state index contributed by atoms with van der Waals surface area (Å²) in [6, 6.07) is 0. The van der Waals surface area contributed by atoms with Gasteiger partial charge in [-0.3, -0.25) is 10.1 Å². The van der Waals surface area contributed by atoms with Crippen LogP contribution in [-0.4, -0.2) is 32.5 Å². The molecule has 1 unspecified atom stereocenters. The summed E-state index contributed by atoms with van der Waals surface area (Å²) in [5.41, 5.74) is -0.180. The highest BCUT2D eigenvalue weighted by molar-refractivity contribution is 9.10. The van der Waals surface area contributed by atoms with Crippen molar-refractivity contribution >= 4 is 27.9 Å². The number of allylic oxidation sites excluding steroid dienone is 1. The molecule has 0 aliphatic rings. The number of hydrogen-bond donors (Lipinski definition) is 0. The number of carbonyl (C=O) groups is 1. The third-order valence-corrected chi connectivity index (χ3v) is 3.86. The fourth-order valence-electron chi connectivity index (χ4n) is 2.16. The zero-order valence-corrected chi connectivity index (χ0v) is 14.0. The Labute approximate surface area is 136 Å². The highest BCUT2D eigenvalue weighted by Gasteiger charge is 2.35. The molecule has 0 saturated carbocycles. The largest absolute Gasteiger partial charge is 0.492 e. The summed E-state index contributed by atoms with van der Waals surface area (Å²) in [5.74, 6) is -0.564. The Bertz CT molecular complexity index is 602. The molecule has 120 valence electrons. The molecular weight excluding hydrogens is 358 g/mol. The molecular formula is C14H16BrNO6. The van der Waals surface area contributed by atoms with Crippen molar-refractivity contribution in [1.82, 2.24) is 0 Å². The van der Waals surface area contributed by atoms with Crippen LogP contribution in [0.4, 0.5) is 5.69 Å². The topological polar surface area (TPSA) is 87.9 Å². The zero-order valence-electron chi connectivity index (χ0n) is 12.4. The summed E-state index contributed by atoms with van der Waals surface area (Å²) in [4.78, 5) is 22.3. The maximum absolute atomic E-state index is 11.5. The van der Waals surface area contributed by atoms with Crippen molar-refractivity contribution in [3.63, 3.8) is 0 Å². The molecule has 0 amide bonds. The second-order valence-electron chi connectivity index (χ2n) is 4.20. The number of benzene rings is 1. The van der Waals surface area contributed by atoms with Gasteiger partial charge in [-0.15, -0.1) is 6.58 Å². The summed E-state index contributed by atoms with van der Waals surface area (Å²) in [6.07, 6.45) is 2.38. The van der Waals surface area contributed by atoms with Crippen LogP contribution in [0.2, 0.25) is 0 Å². The lowest BCUT2D eigenvalue weighted by Crippen LogP contribution is -2.09. The van der Waals surface area contributed by atoms with Crippen molar-refractivity contribution in [2.45, 2.75) is 12.3 Å². The molecule has 1 rings (SSSR count). The molecule has 0 N–H and O–H groups in total. The number of aldehydes is 1. The lowest BCUT2D eigenvalue weighted by atomic mass is 9.94. The summed E-state index contributed by atoms with van der Waals surface area (Å²) in [6.45, 7) is 3.57. The van der Waals surface area contributed by atoms with Crippen LogP contribution < -0.4 is 14.2 Å². The van der Waals surface area contributed by atoms with Gasteiger partial charge >= 0.3 is 5.69 Å². The van der Waals surface area contributed by atoms with Gasteiger partial charge in [0.1, 0.15) is 6.29 Å². The van der Waals surface area contributed by atoms with Gasteiger partial charge in [0.15, 0.2) is 5.75 Å². The lowest BCUT2D eigenvalue weighted by Gasteiger charge is -2.19. The van der Waals surface area contributed by atoms with Crippen molar-refractivity contribution in [3.8, 4) is 17.2 Å². The monoisotopic (exact) mass is 373 g/mol. The average molecular weight is 374 g/mol. The van der Waals surface area contributed by atoms with E-state index in [1.807, 2.05) is 0 Å². The molecule has 1 atom stereocenters. The Morgan fingerprint density at radius 3 is 2.14 bits per heavy atom. The Balaban J connectivity index is 3.90. The minimum Gasteiger partial charge on any atom is -0.492 e. The van der Waals surface area contributed by atoms with Crippen LogP contribution in [0, 0.1) is 10.1 Å². The lowest BCUT2D eigenvalue weighted by molar-refractivity contribution is -0.386. The Morgan fingerprint density at radius 1 is 1.23 bits per heavy atom. The van der Waals surface area contributed by atoms with Gasteiger partial charge in [0.25, 0.3) is 0 Å². The van der Waals surface area contributed by atoms with Gasteiger partial charge in [-0.25, -0.2) is 0 Å². The molecule has 0 bridgehead atoms. The number of halogens is 1. The van der Waals surface area contributed by atoms with Crippen molar-refractivity contribution < 1.29 is 23.9 Å². The van der Waals surface area contributed by atoms with Gasteiger partial charge in [0.2, 0.25) is 11.5 Å². The standard InChI is InChI=1S/C14H16BrNO6/c1-5-6-8(7-17)9-10(15)12(20-2)14(22-4)13(21-3)11(9)16(18)19/h5,7-8H,1,6H2,2-4H3. The Hall–Kier alpha value is -2.09. The predicted molar refractivity (Wildman–Crippen MR) is 84.1 cm³/mol. The third-order valence-electron chi connectivity index (χ3n) is 3.07. The van der Waals surface area contributed by atoms with Gasteiger partial charge in [0, 0.05) is 0 Å². The molecule has 0 aliphatic carbocycles. The second-order valence-corrected chi connectivity index (χ2v) is 4.99. The molecule has 8 heteroatoms. The number of hydrogen-bond acceptors (Lipinski definition) is 6. The maximum atomic E-state index is 11.5. The van der Waals surface area contributed by atoms with Crippen molar-refractivity contribution in [1.29, 1.82) is 0 Å². The SMILES string of the molecule is C=CCC(C=O)c1c(Br)c(OC)c(OC)c(OC)c1[N+](=O)[O-]. The number of ether oxygens (including phenoxy) is 3. The number of carbonyl (C=O) groups excluding carboxylic acids is 1. The molecule has 0 spiro atoms. The van der Waals surface area contributed by atoms with Crippen LogP contribution >= 0.6 is 15.9 Å². The van der Waals surface area contributed by atoms with Crippen LogP contribution in [0.1, 0.15) is 17.9 Å². The van der Waals surface area contributed by atoms with E-state index >= 15 is 0 Å². The smallest absolute Gasteiger partial charge is 0.320 e. The molecule has 0 aliphatic heterocycles. The van der Waals surface area contributed by atoms with E-state index in [4.69, 9.17) is 14.2 Å². The van der Waals surface area contributed by atoms with Gasteiger partial charge in [0.05, 0.1) is 42.2 Å². The number of rotatable bonds is 8. The fourth-order valence-corrected chi connectivity index (χ4v) is 2.98. The molecule has 0 fully saturated rings. The van der Waals surface area contributed by atoms with E-state index in [2.05, 4.69) is 22.5 Å². The van der Waals surface area contributed by atoms with E-state index in [1.54, 1.807) is 0 Å². The normalized spacial score (nSPS) is 11.5. The first kappa shape index (κ1) is 18.0. The zero-order chi connectivity index (χ0) is 16.9. The molecule has 0 heterocycles. The first-order valence-electron chi connectivity index (χ1n) is 6.20. The highest BCUT2D eigenvalue weighted by Crippen LogP contribution is 2.53. The summed E-state index contributed by atoms with van der Waals surface area (Å²) >= 11 is 3.27. The number of nitrogens with zero attached hydrogens (tertiary/aromatic N) is 1. The van der Waals surface area contributed by atoms with E-state index < -0.39 is 10.8 Å². The summed E-state index contributed by atoms with van der Waals surface area (Å²) < 4.78 is 15.8. The fraction of sp³-hybridized carbons (Fsp3) is 0.357. The van der Waals surface area contributed by atoms with Gasteiger partial charge < -0.3 is 19.0 Å². The van der Waals surface area contributed by atoms with Gasteiger partial charge in [-0.1, -0.05) is 6.08 Å². The van der Waals surface area contributed by atoms with Gasteiger partial charge in [-0.2, -0.15) is 0 Å². The summed E-state index contributed by atoms with van der Waals surface area (Å²) in [7, 11) is 4.02. The van der Waals surface area contributed by atoms with Crippen LogP contribution in [0.5, 0.6) is 17.2 Å². The molecule has 0 aromatic heterocycles. The van der Waals surface area contributed by atoms with Crippen LogP contribution in [0.15, 0.2) is 17.1 Å². The predicted octanol–water partition coefficient (Wildman–Crippen LogP) is 3.24. The Morgan fingerprint density at radius 2 is 1.77 bits per heavy atom. The van der Waals surface area contributed by atoms with Crippen LogP contribution in [0.3, 0.4) is 0 Å². The van der Waals surface area contributed by atoms with Gasteiger partial charge in [-0.05, 0) is 22.4 Å². The first-order chi connectivity index (χ1) is 10.5. The van der Waals surface area contributed by atoms with E-state index in [1.165, 1.54) is 27.4 Å². The third kappa shape index (κ3) is 3.06. The van der Waals surface area contributed by atoms with Crippen molar-refractivity contribution in [2.24, 2.45) is 0 Å². The van der Waals surface area contributed by atoms with Crippen LogP contribution in [-0.2, 0) is 4.79 Å². The molecule has 1 aromatic rings. The highest BCUT2D eigenvalue weighted by atomic mass is 79.9. The minimum atomic E-state index is -0.763. The van der Waals surface area contributed by atoms with E-state index in [-0.39, 0.29) is 39.4 Å². The molecule has 0 saturated heterocycles. The quantitative estimate of drug-likeness (QED) is 0.300. The van der Waals surface area contributed by atoms with E-state index in [9.17, 15) is 14.9 Å². The molecule has 0 radical (unpaired) electrons. The molecule has 7 nitrogen and oxygen atoms in total. The van der Waals surface area contributed by atoms with E-state index in [0.29, 0.717) is 6.29 Å². The Kier molecular flexibility index (Phi) is 6.36. The number of methoxy groups -OCH3 is 3.